The van der Waals surface area contributed by atoms with Crippen molar-refractivity contribution in [2.75, 3.05) is 20.6 Å². The number of hydrogen-bond acceptors (Lipinski definition) is 2. The molecule has 3 heteroatoms. The molecule has 21 heavy (non-hydrogen) atoms. The molecule has 0 aliphatic carbocycles. The van der Waals surface area contributed by atoms with Gasteiger partial charge in [-0.05, 0) is 18.2 Å². The summed E-state index contributed by atoms with van der Waals surface area (Å²) in [5.41, 5.74) is 2.42. The Labute approximate surface area is 125 Å². The predicted octanol–water partition coefficient (Wildman–Crippen LogP) is 2.87. The Morgan fingerprint density at radius 1 is 0.810 bits per heavy atom. The number of piperazine rings is 1. The minimum Gasteiger partial charge on any atom is -0.336 e. The summed E-state index contributed by atoms with van der Waals surface area (Å²) in [6, 6.07) is 20.9. The first-order valence-electron chi connectivity index (χ1n) is 7.24. The minimum absolute atomic E-state index is 0.0415. The Bertz CT molecular complexity index is 612. The highest BCUT2D eigenvalue weighted by atomic mass is 16.2. The fraction of sp³-hybridized carbons (Fsp3) is 0.278. The van der Waals surface area contributed by atoms with Crippen LogP contribution in [0.1, 0.15) is 23.2 Å². The summed E-state index contributed by atoms with van der Waals surface area (Å²) < 4.78 is 0. The van der Waals surface area contributed by atoms with Crippen LogP contribution < -0.4 is 0 Å². The number of hydrogen-bond donors (Lipinski definition) is 0. The molecular formula is C18H20N2O. The van der Waals surface area contributed by atoms with Crippen molar-refractivity contribution in [2.24, 2.45) is 0 Å². The van der Waals surface area contributed by atoms with E-state index in [-0.39, 0.29) is 18.0 Å². The molecule has 2 atom stereocenters. The molecule has 0 N–H and O–H groups in total. The molecule has 1 saturated heterocycles. The smallest absolute Gasteiger partial charge is 0.237 e. The lowest BCUT2D eigenvalue weighted by Gasteiger charge is -2.45. The summed E-state index contributed by atoms with van der Waals surface area (Å²) in [5.74, 6) is 0.165. The molecule has 0 unspecified atom stereocenters. The van der Waals surface area contributed by atoms with Crippen LogP contribution in [0.3, 0.4) is 0 Å². The second-order valence-electron chi connectivity index (χ2n) is 5.63. The molecule has 0 spiro atoms. The van der Waals surface area contributed by atoms with E-state index in [0.29, 0.717) is 6.54 Å². The zero-order valence-electron chi connectivity index (χ0n) is 12.4. The van der Waals surface area contributed by atoms with Gasteiger partial charge in [-0.1, -0.05) is 60.7 Å². The van der Waals surface area contributed by atoms with E-state index in [9.17, 15) is 4.79 Å². The van der Waals surface area contributed by atoms with Crippen molar-refractivity contribution < 1.29 is 4.79 Å². The molecule has 1 fully saturated rings. The minimum atomic E-state index is 0.0415. The molecule has 2 aromatic carbocycles. The quantitative estimate of drug-likeness (QED) is 0.844. The summed E-state index contributed by atoms with van der Waals surface area (Å²) in [6.07, 6.45) is 0. The van der Waals surface area contributed by atoms with Gasteiger partial charge in [-0.2, -0.15) is 0 Å². The first kappa shape index (κ1) is 13.8. The van der Waals surface area contributed by atoms with E-state index in [0.717, 1.165) is 0 Å². The molecule has 0 radical (unpaired) electrons. The summed E-state index contributed by atoms with van der Waals surface area (Å²) in [5, 5.41) is 0. The number of amides is 1. The fourth-order valence-corrected chi connectivity index (χ4v) is 3.17. The maximum atomic E-state index is 12.2. The molecule has 1 aliphatic rings. The predicted molar refractivity (Wildman–Crippen MR) is 83.8 cm³/mol. The highest BCUT2D eigenvalue weighted by molar-refractivity contribution is 5.79. The Morgan fingerprint density at radius 3 is 1.81 bits per heavy atom. The van der Waals surface area contributed by atoms with E-state index in [1.165, 1.54) is 11.1 Å². The standard InChI is InChI=1S/C18H20N2O/c1-19-13-16(21)20(2)18(15-11-7-4-8-12-15)17(19)14-9-5-3-6-10-14/h3-12,17-18H,13H2,1-2H3/t17-,18-/m1/s1. The van der Waals surface area contributed by atoms with Crippen LogP contribution in [-0.2, 0) is 4.79 Å². The Balaban J connectivity index is 2.07. The van der Waals surface area contributed by atoms with Crippen LogP contribution in [0.5, 0.6) is 0 Å². The van der Waals surface area contributed by atoms with Crippen LogP contribution in [0.4, 0.5) is 0 Å². The molecule has 3 rings (SSSR count). The van der Waals surface area contributed by atoms with E-state index >= 15 is 0 Å². The molecule has 0 aromatic heterocycles. The van der Waals surface area contributed by atoms with Crippen LogP contribution in [0.15, 0.2) is 60.7 Å². The van der Waals surface area contributed by atoms with Crippen LogP contribution in [0.25, 0.3) is 0 Å². The molecule has 3 nitrogen and oxygen atoms in total. The molecule has 108 valence electrons. The molecule has 1 aliphatic heterocycles. The third kappa shape index (κ3) is 2.57. The van der Waals surface area contributed by atoms with Gasteiger partial charge in [0.05, 0.1) is 18.6 Å². The molecule has 0 bridgehead atoms. The van der Waals surface area contributed by atoms with Crippen LogP contribution in [0.2, 0.25) is 0 Å². The van der Waals surface area contributed by atoms with Gasteiger partial charge in [0.25, 0.3) is 0 Å². The first-order valence-corrected chi connectivity index (χ1v) is 7.24. The maximum Gasteiger partial charge on any atom is 0.237 e. The van der Waals surface area contributed by atoms with Gasteiger partial charge in [0, 0.05) is 7.05 Å². The Morgan fingerprint density at radius 2 is 1.29 bits per heavy atom. The third-order valence-corrected chi connectivity index (χ3v) is 4.25. The van der Waals surface area contributed by atoms with Gasteiger partial charge in [0.1, 0.15) is 0 Å². The molecule has 2 aromatic rings. The van der Waals surface area contributed by atoms with Gasteiger partial charge in [-0.15, -0.1) is 0 Å². The average molecular weight is 280 g/mol. The van der Waals surface area contributed by atoms with Crippen molar-refractivity contribution in [3.8, 4) is 0 Å². The molecule has 1 heterocycles. The van der Waals surface area contributed by atoms with Gasteiger partial charge in [-0.25, -0.2) is 0 Å². The third-order valence-electron chi connectivity index (χ3n) is 4.25. The number of nitrogens with zero attached hydrogens (tertiary/aromatic N) is 2. The number of rotatable bonds is 2. The van der Waals surface area contributed by atoms with E-state index in [4.69, 9.17) is 0 Å². The number of carbonyl (C=O) groups excluding carboxylic acids is 1. The lowest BCUT2D eigenvalue weighted by Crippen LogP contribution is -2.50. The monoisotopic (exact) mass is 280 g/mol. The van der Waals surface area contributed by atoms with Crippen molar-refractivity contribution in [1.82, 2.24) is 9.80 Å². The largest absolute Gasteiger partial charge is 0.336 e. The van der Waals surface area contributed by atoms with Gasteiger partial charge < -0.3 is 4.90 Å². The molecule has 1 amide bonds. The number of likely N-dealkylation sites (N-methyl/N-ethyl adjacent to an activating group) is 2. The van der Waals surface area contributed by atoms with Crippen molar-refractivity contribution >= 4 is 5.91 Å². The zero-order chi connectivity index (χ0) is 14.8. The van der Waals surface area contributed by atoms with Gasteiger partial charge >= 0.3 is 0 Å². The van der Waals surface area contributed by atoms with Gasteiger partial charge in [-0.3, -0.25) is 9.69 Å². The van der Waals surface area contributed by atoms with Gasteiger partial charge in [0.15, 0.2) is 0 Å². The van der Waals surface area contributed by atoms with Gasteiger partial charge in [0.2, 0.25) is 5.91 Å². The summed E-state index contributed by atoms with van der Waals surface area (Å²) >= 11 is 0. The first-order chi connectivity index (χ1) is 10.2. The van der Waals surface area contributed by atoms with Crippen LogP contribution >= 0.6 is 0 Å². The van der Waals surface area contributed by atoms with Crippen molar-refractivity contribution in [2.45, 2.75) is 12.1 Å². The van der Waals surface area contributed by atoms with Crippen LogP contribution in [0, 0.1) is 0 Å². The fourth-order valence-electron chi connectivity index (χ4n) is 3.17. The zero-order valence-corrected chi connectivity index (χ0v) is 12.4. The number of carbonyl (C=O) groups is 1. The van der Waals surface area contributed by atoms with E-state index in [1.54, 1.807) is 0 Å². The second-order valence-corrected chi connectivity index (χ2v) is 5.63. The highest BCUT2D eigenvalue weighted by Gasteiger charge is 2.38. The lowest BCUT2D eigenvalue weighted by atomic mass is 9.89. The second kappa shape index (κ2) is 5.70. The van der Waals surface area contributed by atoms with Crippen molar-refractivity contribution in [3.63, 3.8) is 0 Å². The summed E-state index contributed by atoms with van der Waals surface area (Å²) in [4.78, 5) is 16.3. The van der Waals surface area contributed by atoms with E-state index in [1.807, 2.05) is 43.3 Å². The van der Waals surface area contributed by atoms with Crippen LogP contribution in [-0.4, -0.2) is 36.3 Å². The normalized spacial score (nSPS) is 23.3. The SMILES string of the molecule is CN1CC(=O)N(C)[C@H](c2ccccc2)[C@H]1c1ccccc1. The topological polar surface area (TPSA) is 23.6 Å². The van der Waals surface area contributed by atoms with Crippen molar-refractivity contribution in [3.05, 3.63) is 71.8 Å². The summed E-state index contributed by atoms with van der Waals surface area (Å²) in [7, 11) is 3.93. The summed E-state index contributed by atoms with van der Waals surface area (Å²) in [6.45, 7) is 0.458. The van der Waals surface area contributed by atoms with E-state index < -0.39 is 0 Å². The maximum absolute atomic E-state index is 12.2. The van der Waals surface area contributed by atoms with E-state index in [2.05, 4.69) is 41.3 Å². The Hall–Kier alpha value is -2.13. The molecule has 0 saturated carbocycles. The lowest BCUT2D eigenvalue weighted by molar-refractivity contribution is -0.140. The average Bonchev–Trinajstić information content (AvgIpc) is 2.52. The number of benzene rings is 2. The molecular weight excluding hydrogens is 260 g/mol. The highest BCUT2D eigenvalue weighted by Crippen LogP contribution is 2.39. The van der Waals surface area contributed by atoms with Crippen molar-refractivity contribution in [1.29, 1.82) is 0 Å². The Kier molecular flexibility index (Phi) is 3.76.